The molecule has 0 atom stereocenters. The number of hydrogen-bond acceptors (Lipinski definition) is 4. The van der Waals surface area contributed by atoms with Crippen LogP contribution in [0.1, 0.15) is 18.4 Å². The SMILES string of the molecule is N#Cc1ccccc1OCC1CC2(C1)OCCO2. The smallest absolute Gasteiger partial charge is 0.169 e. The van der Waals surface area contributed by atoms with Crippen molar-refractivity contribution < 1.29 is 14.2 Å². The zero-order valence-electron chi connectivity index (χ0n) is 10.1. The first-order valence-corrected chi connectivity index (χ1v) is 6.21. The maximum Gasteiger partial charge on any atom is 0.169 e. The van der Waals surface area contributed by atoms with Gasteiger partial charge < -0.3 is 14.2 Å². The highest BCUT2D eigenvalue weighted by Gasteiger charge is 2.49. The third-order valence-corrected chi connectivity index (χ3v) is 3.49. The molecule has 0 amide bonds. The molecule has 3 rings (SSSR count). The van der Waals surface area contributed by atoms with Crippen LogP contribution < -0.4 is 4.74 Å². The monoisotopic (exact) mass is 245 g/mol. The van der Waals surface area contributed by atoms with Gasteiger partial charge in [0.05, 0.1) is 25.4 Å². The number of rotatable bonds is 3. The highest BCUT2D eigenvalue weighted by molar-refractivity contribution is 5.42. The van der Waals surface area contributed by atoms with Gasteiger partial charge in [0.1, 0.15) is 11.8 Å². The van der Waals surface area contributed by atoms with Crippen molar-refractivity contribution in [2.45, 2.75) is 18.6 Å². The molecule has 1 aromatic carbocycles. The molecule has 2 fully saturated rings. The van der Waals surface area contributed by atoms with Gasteiger partial charge in [-0.2, -0.15) is 5.26 Å². The minimum absolute atomic E-state index is 0.317. The number of benzene rings is 1. The highest BCUT2D eigenvalue weighted by Crippen LogP contribution is 2.44. The van der Waals surface area contributed by atoms with Crippen LogP contribution in [0.2, 0.25) is 0 Å². The van der Waals surface area contributed by atoms with Crippen LogP contribution in [0.15, 0.2) is 24.3 Å². The van der Waals surface area contributed by atoms with E-state index in [1.165, 1.54) is 0 Å². The number of nitrogens with zero attached hydrogens (tertiary/aromatic N) is 1. The van der Waals surface area contributed by atoms with Gasteiger partial charge in [0, 0.05) is 18.8 Å². The topological polar surface area (TPSA) is 51.5 Å². The molecule has 0 bridgehead atoms. The Balaban J connectivity index is 1.52. The molecule has 0 aromatic heterocycles. The molecule has 94 valence electrons. The first-order chi connectivity index (χ1) is 8.81. The van der Waals surface area contributed by atoms with Gasteiger partial charge in [0.2, 0.25) is 0 Å². The molecule has 0 unspecified atom stereocenters. The molecular formula is C14H15NO3. The molecule has 0 N–H and O–H groups in total. The standard InChI is InChI=1S/C14H15NO3/c15-9-12-3-1-2-4-13(12)16-10-11-7-14(8-11)17-5-6-18-14/h1-4,11H,5-8,10H2. The third-order valence-electron chi connectivity index (χ3n) is 3.49. The lowest BCUT2D eigenvalue weighted by molar-refractivity contribution is -0.233. The average Bonchev–Trinajstić information content (AvgIpc) is 2.85. The molecule has 0 radical (unpaired) electrons. The van der Waals surface area contributed by atoms with Gasteiger partial charge in [-0.25, -0.2) is 0 Å². The minimum Gasteiger partial charge on any atom is -0.492 e. The van der Waals surface area contributed by atoms with Crippen molar-refractivity contribution in [1.82, 2.24) is 0 Å². The van der Waals surface area contributed by atoms with E-state index < -0.39 is 0 Å². The fraction of sp³-hybridized carbons (Fsp3) is 0.500. The van der Waals surface area contributed by atoms with Gasteiger partial charge in [-0.15, -0.1) is 0 Å². The Morgan fingerprint density at radius 2 is 2.00 bits per heavy atom. The summed E-state index contributed by atoms with van der Waals surface area (Å²) in [7, 11) is 0. The molecule has 1 saturated carbocycles. The summed E-state index contributed by atoms with van der Waals surface area (Å²) in [6.45, 7) is 2.02. The number of para-hydroxylation sites is 1. The molecule has 4 heteroatoms. The summed E-state index contributed by atoms with van der Waals surface area (Å²) in [4.78, 5) is 0. The zero-order valence-corrected chi connectivity index (χ0v) is 10.1. The zero-order chi connectivity index (χ0) is 12.4. The molecule has 1 spiro atoms. The Labute approximate surface area is 106 Å². The molecule has 1 aliphatic carbocycles. The van der Waals surface area contributed by atoms with Crippen LogP contribution in [0, 0.1) is 17.2 Å². The van der Waals surface area contributed by atoms with E-state index in [1.807, 2.05) is 18.2 Å². The van der Waals surface area contributed by atoms with Crippen molar-refractivity contribution in [3.05, 3.63) is 29.8 Å². The first-order valence-electron chi connectivity index (χ1n) is 6.21. The first kappa shape index (κ1) is 11.5. The fourth-order valence-corrected chi connectivity index (χ4v) is 2.56. The molecule has 1 aromatic rings. The number of hydrogen-bond donors (Lipinski definition) is 0. The van der Waals surface area contributed by atoms with Crippen LogP contribution in [0.4, 0.5) is 0 Å². The van der Waals surface area contributed by atoms with E-state index in [9.17, 15) is 0 Å². The van der Waals surface area contributed by atoms with Gasteiger partial charge in [0.15, 0.2) is 5.79 Å². The summed E-state index contributed by atoms with van der Waals surface area (Å²) >= 11 is 0. The van der Waals surface area contributed by atoms with Crippen molar-refractivity contribution in [3.8, 4) is 11.8 Å². The van der Waals surface area contributed by atoms with Gasteiger partial charge in [-0.3, -0.25) is 0 Å². The molecule has 1 heterocycles. The second-order valence-electron chi connectivity index (χ2n) is 4.80. The number of ether oxygens (including phenoxy) is 3. The van der Waals surface area contributed by atoms with Crippen LogP contribution >= 0.6 is 0 Å². The van der Waals surface area contributed by atoms with Gasteiger partial charge in [-0.1, -0.05) is 12.1 Å². The number of nitriles is 1. The van der Waals surface area contributed by atoms with Crippen LogP contribution in [-0.4, -0.2) is 25.6 Å². The van der Waals surface area contributed by atoms with E-state index in [4.69, 9.17) is 19.5 Å². The van der Waals surface area contributed by atoms with Crippen molar-refractivity contribution in [3.63, 3.8) is 0 Å². The van der Waals surface area contributed by atoms with E-state index >= 15 is 0 Å². The largest absolute Gasteiger partial charge is 0.492 e. The summed E-state index contributed by atoms with van der Waals surface area (Å²) in [6.07, 6.45) is 1.78. The Morgan fingerprint density at radius 3 is 2.72 bits per heavy atom. The van der Waals surface area contributed by atoms with E-state index in [0.717, 1.165) is 12.8 Å². The quantitative estimate of drug-likeness (QED) is 0.818. The normalized spacial score (nSPS) is 21.5. The lowest BCUT2D eigenvalue weighted by atomic mass is 9.79. The third kappa shape index (κ3) is 2.07. The van der Waals surface area contributed by atoms with Gasteiger partial charge >= 0.3 is 0 Å². The Kier molecular flexibility index (Phi) is 2.94. The summed E-state index contributed by atoms with van der Waals surface area (Å²) in [5, 5.41) is 8.95. The second kappa shape index (κ2) is 4.60. The van der Waals surface area contributed by atoms with Gasteiger partial charge in [-0.05, 0) is 12.1 Å². The summed E-state index contributed by atoms with van der Waals surface area (Å²) < 4.78 is 16.8. The predicted molar refractivity (Wildman–Crippen MR) is 64.0 cm³/mol. The fourth-order valence-electron chi connectivity index (χ4n) is 2.56. The predicted octanol–water partition coefficient (Wildman–Crippen LogP) is 2.09. The molecule has 2 aliphatic rings. The molecule has 1 aliphatic heterocycles. The molecule has 4 nitrogen and oxygen atoms in total. The highest BCUT2D eigenvalue weighted by atomic mass is 16.7. The molecule has 18 heavy (non-hydrogen) atoms. The summed E-state index contributed by atoms with van der Waals surface area (Å²) in [5.74, 6) is 0.798. The maximum atomic E-state index is 8.95. The van der Waals surface area contributed by atoms with Gasteiger partial charge in [0.25, 0.3) is 0 Å². The summed E-state index contributed by atoms with van der Waals surface area (Å²) in [5.41, 5.74) is 0.583. The van der Waals surface area contributed by atoms with E-state index in [-0.39, 0.29) is 5.79 Å². The van der Waals surface area contributed by atoms with Crippen LogP contribution in [0.25, 0.3) is 0 Å². The van der Waals surface area contributed by atoms with E-state index in [2.05, 4.69) is 6.07 Å². The van der Waals surface area contributed by atoms with Crippen molar-refractivity contribution in [1.29, 1.82) is 5.26 Å². The molecule has 1 saturated heterocycles. The van der Waals surface area contributed by atoms with Crippen molar-refractivity contribution >= 4 is 0 Å². The summed E-state index contributed by atoms with van der Waals surface area (Å²) in [6, 6.07) is 9.44. The Morgan fingerprint density at radius 1 is 1.28 bits per heavy atom. The average molecular weight is 245 g/mol. The lowest BCUT2D eigenvalue weighted by Crippen LogP contribution is -2.46. The lowest BCUT2D eigenvalue weighted by Gasteiger charge is -2.42. The van der Waals surface area contributed by atoms with Crippen molar-refractivity contribution in [2.75, 3.05) is 19.8 Å². The van der Waals surface area contributed by atoms with Crippen LogP contribution in [0.3, 0.4) is 0 Å². The van der Waals surface area contributed by atoms with E-state index in [1.54, 1.807) is 6.07 Å². The minimum atomic E-state index is -0.317. The Bertz CT molecular complexity index is 466. The Hall–Kier alpha value is -1.57. The van der Waals surface area contributed by atoms with Crippen LogP contribution in [0.5, 0.6) is 5.75 Å². The van der Waals surface area contributed by atoms with Crippen LogP contribution in [-0.2, 0) is 9.47 Å². The second-order valence-corrected chi connectivity index (χ2v) is 4.80. The van der Waals surface area contributed by atoms with Crippen molar-refractivity contribution in [2.24, 2.45) is 5.92 Å². The molecular weight excluding hydrogens is 230 g/mol. The van der Waals surface area contributed by atoms with E-state index in [0.29, 0.717) is 37.1 Å². The maximum absolute atomic E-state index is 8.95.